The van der Waals surface area contributed by atoms with Gasteiger partial charge in [-0.15, -0.1) is 0 Å². The van der Waals surface area contributed by atoms with Crippen molar-refractivity contribution in [1.29, 1.82) is 0 Å². The lowest BCUT2D eigenvalue weighted by Crippen LogP contribution is -2.17. The molecular formula is C11H13BrClNO2. The van der Waals surface area contributed by atoms with Crippen LogP contribution in [0.1, 0.15) is 24.9 Å². The average molecular weight is 307 g/mol. The molecule has 1 rings (SSSR count). The van der Waals surface area contributed by atoms with Crippen LogP contribution < -0.4 is 5.73 Å². The first kappa shape index (κ1) is 13.5. The summed E-state index contributed by atoms with van der Waals surface area (Å²) in [6, 6.07) is 5.00. The second kappa shape index (κ2) is 6.23. The summed E-state index contributed by atoms with van der Waals surface area (Å²) in [5.74, 6) is -0.297. The zero-order valence-corrected chi connectivity index (χ0v) is 11.2. The summed E-state index contributed by atoms with van der Waals surface area (Å²) in [7, 11) is 0. The normalized spacial score (nSPS) is 12.2. The molecule has 0 aromatic heterocycles. The number of nitrogens with two attached hydrogens (primary N) is 1. The quantitative estimate of drug-likeness (QED) is 0.870. The van der Waals surface area contributed by atoms with Crippen molar-refractivity contribution in [3.05, 3.63) is 33.3 Å². The average Bonchev–Trinajstić information content (AvgIpc) is 2.22. The second-order valence-corrected chi connectivity index (χ2v) is 4.55. The molecular weight excluding hydrogens is 293 g/mol. The fourth-order valence-electron chi connectivity index (χ4n) is 1.26. The largest absolute Gasteiger partial charge is 0.466 e. The zero-order chi connectivity index (χ0) is 12.1. The Morgan fingerprint density at radius 1 is 1.62 bits per heavy atom. The molecule has 0 unspecified atom stereocenters. The van der Waals surface area contributed by atoms with Crippen molar-refractivity contribution in [3.8, 4) is 0 Å². The van der Waals surface area contributed by atoms with Crippen LogP contribution in [0.15, 0.2) is 22.7 Å². The van der Waals surface area contributed by atoms with Crippen molar-refractivity contribution in [2.24, 2.45) is 5.73 Å². The highest BCUT2D eigenvalue weighted by molar-refractivity contribution is 9.10. The molecule has 16 heavy (non-hydrogen) atoms. The minimum atomic E-state index is -0.385. The highest BCUT2D eigenvalue weighted by Gasteiger charge is 2.13. The summed E-state index contributed by atoms with van der Waals surface area (Å²) in [5, 5.41) is 0.580. The van der Waals surface area contributed by atoms with Gasteiger partial charge in [0.25, 0.3) is 0 Å². The van der Waals surface area contributed by atoms with E-state index in [1.165, 1.54) is 0 Å². The SMILES string of the molecule is CCOC(=O)C[C@H](N)c1ccc(Br)c(Cl)c1. The van der Waals surface area contributed by atoms with Crippen molar-refractivity contribution in [2.75, 3.05) is 6.61 Å². The monoisotopic (exact) mass is 305 g/mol. The molecule has 5 heteroatoms. The van der Waals surface area contributed by atoms with Gasteiger partial charge in [-0.1, -0.05) is 17.7 Å². The number of carbonyl (C=O) groups is 1. The molecule has 1 atom stereocenters. The third-order valence-electron chi connectivity index (χ3n) is 2.06. The van der Waals surface area contributed by atoms with Gasteiger partial charge < -0.3 is 10.5 Å². The van der Waals surface area contributed by atoms with E-state index in [2.05, 4.69) is 15.9 Å². The van der Waals surface area contributed by atoms with E-state index in [0.717, 1.165) is 10.0 Å². The van der Waals surface area contributed by atoms with Crippen molar-refractivity contribution >= 4 is 33.5 Å². The molecule has 0 radical (unpaired) electrons. The van der Waals surface area contributed by atoms with Gasteiger partial charge in [0.05, 0.1) is 18.1 Å². The predicted molar refractivity (Wildman–Crippen MR) is 67.3 cm³/mol. The van der Waals surface area contributed by atoms with Crippen LogP contribution in [0.5, 0.6) is 0 Å². The van der Waals surface area contributed by atoms with Gasteiger partial charge in [-0.3, -0.25) is 4.79 Å². The van der Waals surface area contributed by atoms with Crippen LogP contribution in [0.25, 0.3) is 0 Å². The molecule has 0 heterocycles. The van der Waals surface area contributed by atoms with E-state index >= 15 is 0 Å². The Morgan fingerprint density at radius 3 is 2.88 bits per heavy atom. The first-order valence-corrected chi connectivity index (χ1v) is 6.07. The molecule has 0 saturated carbocycles. The molecule has 0 aliphatic heterocycles. The summed E-state index contributed by atoms with van der Waals surface area (Å²) in [4.78, 5) is 11.2. The summed E-state index contributed by atoms with van der Waals surface area (Å²) < 4.78 is 5.63. The molecule has 0 fully saturated rings. The van der Waals surface area contributed by atoms with Crippen molar-refractivity contribution < 1.29 is 9.53 Å². The summed E-state index contributed by atoms with van der Waals surface area (Å²) in [5.41, 5.74) is 6.69. The van der Waals surface area contributed by atoms with Crippen molar-refractivity contribution in [2.45, 2.75) is 19.4 Å². The number of carbonyl (C=O) groups excluding carboxylic acids is 1. The lowest BCUT2D eigenvalue weighted by atomic mass is 10.1. The summed E-state index contributed by atoms with van der Waals surface area (Å²) in [6.07, 6.45) is 0.159. The molecule has 0 bridgehead atoms. The van der Waals surface area contributed by atoms with E-state index in [0.29, 0.717) is 11.6 Å². The molecule has 1 aromatic carbocycles. The molecule has 0 aliphatic carbocycles. The molecule has 0 saturated heterocycles. The van der Waals surface area contributed by atoms with E-state index in [-0.39, 0.29) is 18.4 Å². The predicted octanol–water partition coefficient (Wildman–Crippen LogP) is 3.06. The number of esters is 1. The molecule has 1 aromatic rings. The van der Waals surface area contributed by atoms with Gasteiger partial charge in [-0.25, -0.2) is 0 Å². The Balaban J connectivity index is 2.69. The zero-order valence-electron chi connectivity index (χ0n) is 8.87. The molecule has 0 aliphatic rings. The van der Waals surface area contributed by atoms with Gasteiger partial charge in [-0.2, -0.15) is 0 Å². The minimum Gasteiger partial charge on any atom is -0.466 e. The molecule has 0 spiro atoms. The van der Waals surface area contributed by atoms with E-state index in [1.807, 2.05) is 12.1 Å². The fraction of sp³-hybridized carbons (Fsp3) is 0.364. The first-order chi connectivity index (χ1) is 7.54. The third-order valence-corrected chi connectivity index (χ3v) is 3.30. The van der Waals surface area contributed by atoms with E-state index < -0.39 is 0 Å². The van der Waals surface area contributed by atoms with Crippen molar-refractivity contribution in [1.82, 2.24) is 0 Å². The summed E-state index contributed by atoms with van der Waals surface area (Å²) >= 11 is 9.23. The Kier molecular flexibility index (Phi) is 5.25. The van der Waals surface area contributed by atoms with E-state index in [4.69, 9.17) is 22.1 Å². The highest BCUT2D eigenvalue weighted by atomic mass is 79.9. The number of ether oxygens (including phenoxy) is 1. The van der Waals surface area contributed by atoms with Crippen molar-refractivity contribution in [3.63, 3.8) is 0 Å². The Hall–Kier alpha value is -0.580. The van der Waals surface area contributed by atoms with Crippen LogP contribution in [0.3, 0.4) is 0 Å². The third kappa shape index (κ3) is 3.77. The smallest absolute Gasteiger partial charge is 0.307 e. The Bertz CT molecular complexity index is 384. The van der Waals surface area contributed by atoms with Crippen LogP contribution in [0, 0.1) is 0 Å². The van der Waals surface area contributed by atoms with Crippen LogP contribution in [-0.4, -0.2) is 12.6 Å². The van der Waals surface area contributed by atoms with E-state index in [1.54, 1.807) is 13.0 Å². The number of rotatable bonds is 4. The Labute approximate surface area is 108 Å². The Morgan fingerprint density at radius 2 is 2.31 bits per heavy atom. The maximum atomic E-state index is 11.2. The number of benzene rings is 1. The number of halogens is 2. The standard InChI is InChI=1S/C11H13BrClNO2/c1-2-16-11(15)6-10(14)7-3-4-8(12)9(13)5-7/h3-5,10H,2,6,14H2,1H3/t10-/m0/s1. The van der Waals surface area contributed by atoms with Gasteiger partial charge >= 0.3 is 5.97 Å². The maximum absolute atomic E-state index is 11.2. The minimum absolute atomic E-state index is 0.159. The lowest BCUT2D eigenvalue weighted by molar-refractivity contribution is -0.143. The van der Waals surface area contributed by atoms with Crippen LogP contribution in [0.4, 0.5) is 0 Å². The van der Waals surface area contributed by atoms with E-state index in [9.17, 15) is 4.79 Å². The van der Waals surface area contributed by atoms with Gasteiger partial charge in [0, 0.05) is 10.5 Å². The highest BCUT2D eigenvalue weighted by Crippen LogP contribution is 2.26. The van der Waals surface area contributed by atoms with Crippen LogP contribution >= 0.6 is 27.5 Å². The fourth-order valence-corrected chi connectivity index (χ4v) is 1.70. The van der Waals surface area contributed by atoms with Crippen LogP contribution in [-0.2, 0) is 9.53 Å². The van der Waals surface area contributed by atoms with Gasteiger partial charge in [0.2, 0.25) is 0 Å². The molecule has 0 amide bonds. The van der Waals surface area contributed by atoms with Crippen LogP contribution in [0.2, 0.25) is 5.02 Å². The maximum Gasteiger partial charge on any atom is 0.307 e. The number of hydrogen-bond donors (Lipinski definition) is 1. The topological polar surface area (TPSA) is 52.3 Å². The molecule has 2 N–H and O–H groups in total. The lowest BCUT2D eigenvalue weighted by Gasteiger charge is -2.11. The van der Waals surface area contributed by atoms with Gasteiger partial charge in [0.1, 0.15) is 0 Å². The summed E-state index contributed by atoms with van der Waals surface area (Å²) in [6.45, 7) is 2.13. The molecule has 88 valence electrons. The number of hydrogen-bond acceptors (Lipinski definition) is 3. The first-order valence-electron chi connectivity index (χ1n) is 4.90. The second-order valence-electron chi connectivity index (χ2n) is 3.29. The molecule has 3 nitrogen and oxygen atoms in total. The van der Waals surface area contributed by atoms with Gasteiger partial charge in [0.15, 0.2) is 0 Å². The van der Waals surface area contributed by atoms with Gasteiger partial charge in [-0.05, 0) is 40.5 Å².